The Balaban J connectivity index is 1.61. The van der Waals surface area contributed by atoms with Crippen molar-refractivity contribution in [1.29, 1.82) is 0 Å². The summed E-state index contributed by atoms with van der Waals surface area (Å²) < 4.78 is 1.56. The highest BCUT2D eigenvalue weighted by Crippen LogP contribution is 2.20. The summed E-state index contributed by atoms with van der Waals surface area (Å²) in [6.45, 7) is 1.95. The lowest BCUT2D eigenvalue weighted by Gasteiger charge is -2.14. The molecule has 0 fully saturated rings. The summed E-state index contributed by atoms with van der Waals surface area (Å²) in [6.07, 6.45) is 0. The Hall–Kier alpha value is -2.38. The average molecular weight is 374 g/mol. The minimum absolute atomic E-state index is 0.0572. The van der Waals surface area contributed by atoms with Crippen LogP contribution in [-0.2, 0) is 4.79 Å². The molecule has 0 bridgehead atoms. The van der Waals surface area contributed by atoms with E-state index in [1.165, 1.54) is 11.8 Å². The molecule has 3 aromatic rings. The minimum atomic E-state index is -0.0815. The Labute approximate surface area is 154 Å². The van der Waals surface area contributed by atoms with Crippen LogP contribution in [0.3, 0.4) is 0 Å². The number of hydrogen-bond acceptors (Lipinski definition) is 5. The van der Waals surface area contributed by atoms with Gasteiger partial charge < -0.3 is 5.32 Å². The topological polar surface area (TPSA) is 72.7 Å². The van der Waals surface area contributed by atoms with Crippen LogP contribution in [0.2, 0.25) is 5.02 Å². The molecule has 0 saturated carbocycles. The van der Waals surface area contributed by atoms with Crippen molar-refractivity contribution in [2.24, 2.45) is 0 Å². The number of aromatic nitrogens is 4. The van der Waals surface area contributed by atoms with E-state index in [9.17, 15) is 4.79 Å². The van der Waals surface area contributed by atoms with Gasteiger partial charge >= 0.3 is 0 Å². The Kier molecular flexibility index (Phi) is 5.67. The highest BCUT2D eigenvalue weighted by atomic mass is 35.5. The van der Waals surface area contributed by atoms with E-state index >= 15 is 0 Å². The van der Waals surface area contributed by atoms with Crippen LogP contribution in [0.1, 0.15) is 18.5 Å². The van der Waals surface area contributed by atoms with Crippen molar-refractivity contribution in [1.82, 2.24) is 25.5 Å². The number of halogens is 1. The van der Waals surface area contributed by atoms with Crippen LogP contribution >= 0.6 is 23.4 Å². The van der Waals surface area contributed by atoms with Gasteiger partial charge in [0.1, 0.15) is 0 Å². The zero-order valence-electron chi connectivity index (χ0n) is 13.5. The molecule has 0 unspecified atom stereocenters. The molecule has 0 aliphatic carbocycles. The summed E-state index contributed by atoms with van der Waals surface area (Å²) in [5.74, 6) is 0.139. The third-order valence-electron chi connectivity index (χ3n) is 3.50. The predicted molar refractivity (Wildman–Crippen MR) is 97.9 cm³/mol. The van der Waals surface area contributed by atoms with Crippen molar-refractivity contribution in [3.05, 3.63) is 65.2 Å². The Bertz CT molecular complexity index is 855. The molecular weight excluding hydrogens is 358 g/mol. The van der Waals surface area contributed by atoms with Gasteiger partial charge in [0.2, 0.25) is 11.1 Å². The van der Waals surface area contributed by atoms with Crippen molar-refractivity contribution in [3.63, 3.8) is 0 Å². The van der Waals surface area contributed by atoms with Crippen LogP contribution in [0.15, 0.2) is 59.8 Å². The van der Waals surface area contributed by atoms with E-state index in [1.807, 2.05) is 49.4 Å². The van der Waals surface area contributed by atoms with Crippen LogP contribution in [0.4, 0.5) is 0 Å². The third-order valence-corrected chi connectivity index (χ3v) is 4.66. The molecule has 1 N–H and O–H groups in total. The van der Waals surface area contributed by atoms with Crippen LogP contribution in [0.25, 0.3) is 5.69 Å². The molecule has 0 aliphatic rings. The minimum Gasteiger partial charge on any atom is -0.349 e. The van der Waals surface area contributed by atoms with Crippen molar-refractivity contribution >= 4 is 29.3 Å². The molecule has 3 rings (SSSR count). The van der Waals surface area contributed by atoms with E-state index in [2.05, 4.69) is 20.8 Å². The van der Waals surface area contributed by atoms with Gasteiger partial charge in [-0.2, -0.15) is 4.68 Å². The predicted octanol–water partition coefficient (Wildman–Crippen LogP) is 3.29. The number of nitrogens with zero attached hydrogens (tertiary/aromatic N) is 4. The number of rotatable bonds is 6. The van der Waals surface area contributed by atoms with Gasteiger partial charge in [0.05, 0.1) is 17.5 Å². The molecule has 1 amide bonds. The van der Waals surface area contributed by atoms with Gasteiger partial charge in [0.15, 0.2) is 0 Å². The highest BCUT2D eigenvalue weighted by molar-refractivity contribution is 7.99. The molecule has 25 heavy (non-hydrogen) atoms. The van der Waals surface area contributed by atoms with Gasteiger partial charge in [-0.15, -0.1) is 5.10 Å². The van der Waals surface area contributed by atoms with Gasteiger partial charge in [-0.25, -0.2) is 0 Å². The van der Waals surface area contributed by atoms with E-state index in [4.69, 9.17) is 11.6 Å². The number of carbonyl (C=O) groups is 1. The van der Waals surface area contributed by atoms with Crippen molar-refractivity contribution in [2.45, 2.75) is 18.1 Å². The maximum absolute atomic E-state index is 12.2. The molecular formula is C17H16ClN5OS. The molecule has 1 atom stereocenters. The second kappa shape index (κ2) is 8.13. The van der Waals surface area contributed by atoms with Gasteiger partial charge in [-0.3, -0.25) is 4.79 Å². The van der Waals surface area contributed by atoms with Crippen molar-refractivity contribution in [2.75, 3.05) is 5.75 Å². The third kappa shape index (κ3) is 4.58. The molecule has 128 valence electrons. The zero-order chi connectivity index (χ0) is 17.6. The summed E-state index contributed by atoms with van der Waals surface area (Å²) in [7, 11) is 0. The van der Waals surface area contributed by atoms with Crippen LogP contribution in [0, 0.1) is 0 Å². The van der Waals surface area contributed by atoms with Crippen molar-refractivity contribution in [3.8, 4) is 5.69 Å². The summed E-state index contributed by atoms with van der Waals surface area (Å²) in [6, 6.07) is 17.0. The number of amides is 1. The van der Waals surface area contributed by atoms with Gasteiger partial charge in [-0.1, -0.05) is 59.8 Å². The maximum atomic E-state index is 12.2. The molecule has 2 aromatic carbocycles. The lowest BCUT2D eigenvalue weighted by atomic mass is 10.1. The number of thioether (sulfide) groups is 1. The number of benzene rings is 2. The first-order valence-corrected chi connectivity index (χ1v) is 9.01. The van der Waals surface area contributed by atoms with Crippen LogP contribution < -0.4 is 5.32 Å². The van der Waals surface area contributed by atoms with Gasteiger partial charge in [0.25, 0.3) is 0 Å². The standard InChI is InChI=1S/C17H16ClN5OS/c1-12(13-6-3-2-4-7-13)19-16(24)11-25-17-20-21-22-23(17)15-9-5-8-14(18)10-15/h2-10,12H,11H2,1H3,(H,19,24)/t12-/m1/s1. The summed E-state index contributed by atoms with van der Waals surface area (Å²) in [5, 5.41) is 15.7. The number of hydrogen-bond donors (Lipinski definition) is 1. The average Bonchev–Trinajstić information content (AvgIpc) is 3.09. The first-order chi connectivity index (χ1) is 12.1. The summed E-state index contributed by atoms with van der Waals surface area (Å²) >= 11 is 7.28. The van der Waals surface area contributed by atoms with E-state index in [0.717, 1.165) is 11.3 Å². The van der Waals surface area contributed by atoms with Crippen LogP contribution in [0.5, 0.6) is 0 Å². The second-order valence-corrected chi connectivity index (χ2v) is 6.72. The fourth-order valence-corrected chi connectivity index (χ4v) is 3.16. The van der Waals surface area contributed by atoms with Gasteiger partial charge in [0, 0.05) is 5.02 Å². The van der Waals surface area contributed by atoms with E-state index in [-0.39, 0.29) is 17.7 Å². The smallest absolute Gasteiger partial charge is 0.230 e. The molecule has 8 heteroatoms. The highest BCUT2D eigenvalue weighted by Gasteiger charge is 2.14. The summed E-state index contributed by atoms with van der Waals surface area (Å²) in [4.78, 5) is 12.2. The monoisotopic (exact) mass is 373 g/mol. The number of carbonyl (C=O) groups excluding carboxylic acids is 1. The number of tetrazole rings is 1. The molecule has 6 nitrogen and oxygen atoms in total. The largest absolute Gasteiger partial charge is 0.349 e. The number of nitrogens with one attached hydrogen (secondary N) is 1. The quantitative estimate of drug-likeness (QED) is 0.671. The van der Waals surface area contributed by atoms with E-state index in [1.54, 1.807) is 16.8 Å². The molecule has 0 aliphatic heterocycles. The lowest BCUT2D eigenvalue weighted by Crippen LogP contribution is -2.28. The molecule has 1 heterocycles. The van der Waals surface area contributed by atoms with Gasteiger partial charge in [-0.05, 0) is 41.1 Å². The van der Waals surface area contributed by atoms with Crippen LogP contribution in [-0.4, -0.2) is 31.9 Å². The molecule has 0 radical (unpaired) electrons. The molecule has 0 spiro atoms. The lowest BCUT2D eigenvalue weighted by molar-refractivity contribution is -0.119. The first-order valence-electron chi connectivity index (χ1n) is 7.65. The van der Waals surface area contributed by atoms with Crippen molar-refractivity contribution < 1.29 is 4.79 Å². The Morgan fingerprint density at radius 2 is 2.04 bits per heavy atom. The Morgan fingerprint density at radius 3 is 2.80 bits per heavy atom. The molecule has 1 aromatic heterocycles. The Morgan fingerprint density at radius 1 is 1.24 bits per heavy atom. The van der Waals surface area contributed by atoms with E-state index in [0.29, 0.717) is 10.2 Å². The maximum Gasteiger partial charge on any atom is 0.230 e. The normalized spacial score (nSPS) is 11.9. The SMILES string of the molecule is C[C@@H](NC(=O)CSc1nnnn1-c1cccc(Cl)c1)c1ccccc1. The first kappa shape index (κ1) is 17.4. The summed E-state index contributed by atoms with van der Waals surface area (Å²) in [5.41, 5.74) is 1.81. The molecule has 0 saturated heterocycles. The fourth-order valence-electron chi connectivity index (χ4n) is 2.28. The van der Waals surface area contributed by atoms with E-state index < -0.39 is 0 Å². The second-order valence-electron chi connectivity index (χ2n) is 5.34. The fraction of sp³-hybridized carbons (Fsp3) is 0.176. The zero-order valence-corrected chi connectivity index (χ0v) is 15.0.